The van der Waals surface area contributed by atoms with Crippen molar-refractivity contribution in [2.24, 2.45) is 0 Å². The highest BCUT2D eigenvalue weighted by molar-refractivity contribution is 7.90. The first kappa shape index (κ1) is 32.5. The number of pyridine rings is 1. The summed E-state index contributed by atoms with van der Waals surface area (Å²) in [5.41, 5.74) is 0.959. The Morgan fingerprint density at radius 3 is 2.52 bits per heavy atom. The molecule has 14 heteroatoms. The van der Waals surface area contributed by atoms with E-state index >= 15 is 0 Å². The highest BCUT2D eigenvalue weighted by Gasteiger charge is 2.47. The summed E-state index contributed by atoms with van der Waals surface area (Å²) in [6, 6.07) is 15.2. The fourth-order valence-electron chi connectivity index (χ4n) is 4.83. The zero-order valence-electron chi connectivity index (χ0n) is 23.5. The van der Waals surface area contributed by atoms with E-state index in [-0.39, 0.29) is 27.1 Å². The first-order valence-corrected chi connectivity index (χ1v) is 15.7. The fraction of sp³-hybridized carbons (Fsp3) is 0.300. The second kappa shape index (κ2) is 13.5. The summed E-state index contributed by atoms with van der Waals surface area (Å²) in [4.78, 5) is 43.1. The van der Waals surface area contributed by atoms with Crippen LogP contribution < -0.4 is 15.1 Å². The van der Waals surface area contributed by atoms with Gasteiger partial charge in [-0.3, -0.25) is 24.2 Å². The summed E-state index contributed by atoms with van der Waals surface area (Å²) in [5.74, 6) is -2.84. The van der Waals surface area contributed by atoms with Crippen LogP contribution in [-0.4, -0.2) is 56.4 Å². The third kappa shape index (κ3) is 7.75. The van der Waals surface area contributed by atoms with Gasteiger partial charge in [0, 0.05) is 60.6 Å². The number of carbonyl (C=O) groups excluding carboxylic acids is 3. The molecule has 5 rings (SSSR count). The predicted molar refractivity (Wildman–Crippen MR) is 159 cm³/mol. The smallest absolute Gasteiger partial charge is 0.252 e. The number of nitrogens with one attached hydrogen (secondary N) is 1. The van der Waals surface area contributed by atoms with Crippen LogP contribution in [0.4, 0.5) is 20.3 Å². The van der Waals surface area contributed by atoms with Gasteiger partial charge in [-0.1, -0.05) is 35.9 Å². The maximum absolute atomic E-state index is 13.2. The fourth-order valence-corrected chi connectivity index (χ4v) is 5.73. The molecule has 0 spiro atoms. The molecule has 2 heterocycles. The van der Waals surface area contributed by atoms with E-state index < -0.39 is 46.6 Å². The molecule has 2 aromatic carbocycles. The average Bonchev–Trinajstić information content (AvgIpc) is 3.41. The Balaban J connectivity index is 0.000000262. The van der Waals surface area contributed by atoms with Crippen molar-refractivity contribution < 1.29 is 31.6 Å². The number of amides is 3. The van der Waals surface area contributed by atoms with Gasteiger partial charge in [0.2, 0.25) is 18.2 Å². The first-order chi connectivity index (χ1) is 20.8. The van der Waals surface area contributed by atoms with Crippen molar-refractivity contribution in [3.8, 4) is 6.07 Å². The number of sulfone groups is 1. The van der Waals surface area contributed by atoms with Crippen LogP contribution in [-0.2, 0) is 24.2 Å². The Hall–Kier alpha value is -4.41. The lowest BCUT2D eigenvalue weighted by atomic mass is 9.87. The van der Waals surface area contributed by atoms with Crippen molar-refractivity contribution in [2.75, 3.05) is 22.6 Å². The number of nitrogens with zero attached hydrogens (tertiary/aromatic N) is 4. The summed E-state index contributed by atoms with van der Waals surface area (Å²) >= 11 is 6.25. The molecule has 1 unspecified atom stereocenters. The highest BCUT2D eigenvalue weighted by Crippen LogP contribution is 2.38. The second-order valence-electron chi connectivity index (χ2n) is 10.3. The summed E-state index contributed by atoms with van der Waals surface area (Å²) in [7, 11) is -3.57. The van der Waals surface area contributed by atoms with Crippen LogP contribution in [0.25, 0.3) is 0 Å². The quantitative estimate of drug-likeness (QED) is 0.358. The number of hydrogen-bond acceptors (Lipinski definition) is 7. The van der Waals surface area contributed by atoms with Crippen LogP contribution in [0.15, 0.2) is 71.8 Å². The molecule has 2 aliphatic rings. The molecule has 1 atom stereocenters. The monoisotopic (exact) mass is 643 g/mol. The van der Waals surface area contributed by atoms with E-state index in [0.717, 1.165) is 17.6 Å². The van der Waals surface area contributed by atoms with Gasteiger partial charge in [0.05, 0.1) is 16.5 Å². The van der Waals surface area contributed by atoms with Crippen molar-refractivity contribution in [3.63, 3.8) is 0 Å². The SMILES string of the molecule is CS(=O)(=O)c1cccc(N(C=O)C(C(=O)NC2CC(F)(F)C2)c2ccccc2Cl)c1.N#Cc1ccnc(N2CCCC2=O)c1. The number of benzene rings is 2. The molecule has 3 aromatic rings. The van der Waals surface area contributed by atoms with Crippen molar-refractivity contribution >= 4 is 51.2 Å². The summed E-state index contributed by atoms with van der Waals surface area (Å²) in [6.07, 6.45) is 3.43. The predicted octanol–water partition coefficient (Wildman–Crippen LogP) is 4.44. The van der Waals surface area contributed by atoms with Crippen molar-refractivity contribution in [2.45, 2.75) is 48.6 Å². The minimum absolute atomic E-state index is 0.0381. The van der Waals surface area contributed by atoms with Crippen LogP contribution in [0.2, 0.25) is 5.02 Å². The zero-order chi connectivity index (χ0) is 32.1. The van der Waals surface area contributed by atoms with Crippen molar-refractivity contribution in [3.05, 3.63) is 83.0 Å². The molecule has 1 saturated heterocycles. The third-order valence-corrected chi connectivity index (χ3v) is 8.50. The maximum Gasteiger partial charge on any atom is 0.252 e. The van der Waals surface area contributed by atoms with Gasteiger partial charge in [0.1, 0.15) is 11.9 Å². The second-order valence-corrected chi connectivity index (χ2v) is 12.8. The number of halogens is 3. The minimum atomic E-state index is -3.57. The maximum atomic E-state index is 13.2. The summed E-state index contributed by atoms with van der Waals surface area (Å²) < 4.78 is 50.2. The molecule has 0 radical (unpaired) electrons. The highest BCUT2D eigenvalue weighted by atomic mass is 35.5. The lowest BCUT2D eigenvalue weighted by molar-refractivity contribution is -0.131. The first-order valence-electron chi connectivity index (χ1n) is 13.5. The molecule has 1 aromatic heterocycles. The summed E-state index contributed by atoms with van der Waals surface area (Å²) in [6.45, 7) is 0.709. The van der Waals surface area contributed by atoms with Crippen LogP contribution in [0.1, 0.15) is 42.9 Å². The molecule has 1 aliphatic carbocycles. The topological polar surface area (TPSA) is 141 Å². The van der Waals surface area contributed by atoms with Gasteiger partial charge in [-0.25, -0.2) is 22.2 Å². The molecule has 44 heavy (non-hydrogen) atoms. The molecule has 1 saturated carbocycles. The average molecular weight is 644 g/mol. The molecule has 0 bridgehead atoms. The molecular formula is C30H28ClF2N5O5S. The molecular weight excluding hydrogens is 616 g/mol. The van der Waals surface area contributed by atoms with Gasteiger partial charge in [0.25, 0.3) is 5.92 Å². The Labute approximate surface area is 258 Å². The molecule has 3 amide bonds. The zero-order valence-corrected chi connectivity index (χ0v) is 25.1. The lowest BCUT2D eigenvalue weighted by Crippen LogP contribution is -2.53. The summed E-state index contributed by atoms with van der Waals surface area (Å²) in [5, 5.41) is 11.4. The largest absolute Gasteiger partial charge is 0.351 e. The molecule has 1 aliphatic heterocycles. The van der Waals surface area contributed by atoms with E-state index in [2.05, 4.69) is 10.3 Å². The Morgan fingerprint density at radius 2 is 1.93 bits per heavy atom. The Morgan fingerprint density at radius 1 is 1.20 bits per heavy atom. The van der Waals surface area contributed by atoms with Gasteiger partial charge in [-0.2, -0.15) is 5.26 Å². The van der Waals surface area contributed by atoms with E-state index in [1.165, 1.54) is 30.3 Å². The van der Waals surface area contributed by atoms with E-state index in [9.17, 15) is 31.6 Å². The van der Waals surface area contributed by atoms with Crippen molar-refractivity contribution in [1.82, 2.24) is 10.3 Å². The van der Waals surface area contributed by atoms with Crippen LogP contribution in [0.3, 0.4) is 0 Å². The number of anilines is 2. The minimum Gasteiger partial charge on any atom is -0.351 e. The standard InChI is InChI=1S/C20H19ClF2N2O4S.C10H9N3O/c1-30(28,29)15-6-4-5-14(9-15)25(12-26)18(16-7-2-3-8-17(16)21)19(27)24-13-10-20(22,23)11-13;11-7-8-3-4-12-9(6-8)13-5-1-2-10(13)14/h2-9,12-13,18H,10-11H2,1H3,(H,24,27);3-4,6H,1-2,5H2. The van der Waals surface area contributed by atoms with Crippen LogP contribution in [0.5, 0.6) is 0 Å². The number of rotatable bonds is 8. The van der Waals surface area contributed by atoms with E-state index in [0.29, 0.717) is 30.8 Å². The molecule has 1 N–H and O–H groups in total. The number of carbonyl (C=O) groups is 3. The van der Waals surface area contributed by atoms with Gasteiger partial charge < -0.3 is 5.32 Å². The number of alkyl halides is 2. The third-order valence-electron chi connectivity index (χ3n) is 7.04. The molecule has 10 nitrogen and oxygen atoms in total. The Bertz CT molecular complexity index is 1710. The lowest BCUT2D eigenvalue weighted by Gasteiger charge is -2.37. The number of hydrogen-bond donors (Lipinski definition) is 1. The number of nitriles is 1. The number of aromatic nitrogens is 1. The van der Waals surface area contributed by atoms with Gasteiger partial charge in [0.15, 0.2) is 9.84 Å². The van der Waals surface area contributed by atoms with Crippen LogP contribution >= 0.6 is 11.6 Å². The Kier molecular flexibility index (Phi) is 9.96. The van der Waals surface area contributed by atoms with E-state index in [4.69, 9.17) is 16.9 Å². The molecule has 2 fully saturated rings. The normalized spacial score (nSPS) is 16.5. The van der Waals surface area contributed by atoms with Gasteiger partial charge >= 0.3 is 0 Å². The van der Waals surface area contributed by atoms with Gasteiger partial charge in [-0.05, 0) is 42.8 Å². The van der Waals surface area contributed by atoms with E-state index in [1.54, 1.807) is 41.4 Å². The van der Waals surface area contributed by atoms with Crippen molar-refractivity contribution in [1.29, 1.82) is 5.26 Å². The molecule has 230 valence electrons. The van der Waals surface area contributed by atoms with Gasteiger partial charge in [-0.15, -0.1) is 0 Å². The van der Waals surface area contributed by atoms with E-state index in [1.807, 2.05) is 6.07 Å². The van der Waals surface area contributed by atoms with Crippen LogP contribution in [0, 0.1) is 11.3 Å².